The van der Waals surface area contributed by atoms with E-state index in [-0.39, 0.29) is 0 Å². The van der Waals surface area contributed by atoms with E-state index in [0.29, 0.717) is 12.7 Å². The fraction of sp³-hybridized carbons (Fsp3) is 0.600. The van der Waals surface area contributed by atoms with Gasteiger partial charge in [0.15, 0.2) is 0 Å². The SMILES string of the molecule is [NH3+]CCOc1cccc(CCC2CCCCO2)c1. The molecular formula is C15H24NO2+. The molecule has 1 fully saturated rings. The van der Waals surface area contributed by atoms with E-state index in [1.54, 1.807) is 0 Å². The molecule has 1 aliphatic heterocycles. The third kappa shape index (κ3) is 4.31. The summed E-state index contributed by atoms with van der Waals surface area (Å²) in [6.45, 7) is 2.44. The number of ether oxygens (including phenoxy) is 2. The van der Waals surface area contributed by atoms with Crippen LogP contribution in [0.5, 0.6) is 5.75 Å². The Bertz CT molecular complexity index is 348. The van der Waals surface area contributed by atoms with Crippen LogP contribution in [0.1, 0.15) is 31.2 Å². The quantitative estimate of drug-likeness (QED) is 0.837. The van der Waals surface area contributed by atoms with Crippen molar-refractivity contribution >= 4 is 0 Å². The molecule has 3 heteroatoms. The summed E-state index contributed by atoms with van der Waals surface area (Å²) in [6.07, 6.45) is 6.42. The summed E-state index contributed by atoms with van der Waals surface area (Å²) < 4.78 is 11.3. The molecule has 1 aromatic rings. The van der Waals surface area contributed by atoms with Crippen LogP contribution in [0, 0.1) is 0 Å². The zero-order valence-corrected chi connectivity index (χ0v) is 11.1. The van der Waals surface area contributed by atoms with Gasteiger partial charge in [0, 0.05) is 6.61 Å². The molecule has 3 nitrogen and oxygen atoms in total. The highest BCUT2D eigenvalue weighted by atomic mass is 16.5. The molecule has 0 aliphatic carbocycles. The van der Waals surface area contributed by atoms with Gasteiger partial charge in [-0.05, 0) is 49.8 Å². The smallest absolute Gasteiger partial charge is 0.137 e. The highest BCUT2D eigenvalue weighted by Gasteiger charge is 2.13. The Labute approximate surface area is 109 Å². The number of hydrogen-bond acceptors (Lipinski definition) is 2. The zero-order valence-electron chi connectivity index (χ0n) is 11.1. The van der Waals surface area contributed by atoms with Crippen LogP contribution in [0.2, 0.25) is 0 Å². The Morgan fingerprint density at radius 2 is 2.28 bits per heavy atom. The van der Waals surface area contributed by atoms with Crippen LogP contribution in [0.15, 0.2) is 24.3 Å². The Morgan fingerprint density at radius 1 is 1.33 bits per heavy atom. The molecule has 1 saturated heterocycles. The van der Waals surface area contributed by atoms with E-state index in [1.165, 1.54) is 24.8 Å². The monoisotopic (exact) mass is 250 g/mol. The van der Waals surface area contributed by atoms with Gasteiger partial charge in [-0.3, -0.25) is 0 Å². The molecule has 1 aliphatic rings. The van der Waals surface area contributed by atoms with Gasteiger partial charge in [-0.1, -0.05) is 12.1 Å². The molecule has 1 atom stereocenters. The fourth-order valence-corrected chi connectivity index (χ4v) is 2.34. The summed E-state index contributed by atoms with van der Waals surface area (Å²) >= 11 is 0. The van der Waals surface area contributed by atoms with Crippen LogP contribution < -0.4 is 10.5 Å². The van der Waals surface area contributed by atoms with Crippen molar-refractivity contribution in [2.75, 3.05) is 19.8 Å². The summed E-state index contributed by atoms with van der Waals surface area (Å²) in [5.74, 6) is 0.959. The number of aryl methyl sites for hydroxylation is 1. The van der Waals surface area contributed by atoms with Crippen molar-refractivity contribution in [1.82, 2.24) is 0 Å². The number of quaternary nitrogens is 1. The highest BCUT2D eigenvalue weighted by Crippen LogP contribution is 2.20. The van der Waals surface area contributed by atoms with Gasteiger partial charge in [0.25, 0.3) is 0 Å². The summed E-state index contributed by atoms with van der Waals surface area (Å²) in [6, 6.07) is 8.38. The van der Waals surface area contributed by atoms with Gasteiger partial charge in [-0.25, -0.2) is 0 Å². The molecule has 18 heavy (non-hydrogen) atoms. The van der Waals surface area contributed by atoms with E-state index >= 15 is 0 Å². The van der Waals surface area contributed by atoms with Crippen molar-refractivity contribution in [2.24, 2.45) is 0 Å². The van der Waals surface area contributed by atoms with Gasteiger partial charge in [-0.2, -0.15) is 0 Å². The maximum absolute atomic E-state index is 5.76. The zero-order chi connectivity index (χ0) is 12.6. The topological polar surface area (TPSA) is 46.1 Å². The standard InChI is InChI=1S/C15H23NO2/c16-9-11-18-15-6-3-4-13(12-15)7-8-14-5-1-2-10-17-14/h3-4,6,12,14H,1-2,5,7-11,16H2/p+1. The minimum atomic E-state index is 0.461. The maximum atomic E-state index is 5.76. The Kier molecular flexibility index (Phi) is 5.49. The summed E-state index contributed by atoms with van der Waals surface area (Å²) in [5, 5.41) is 0. The van der Waals surface area contributed by atoms with Crippen LogP contribution in [0.4, 0.5) is 0 Å². The molecular weight excluding hydrogens is 226 g/mol. The van der Waals surface area contributed by atoms with E-state index in [2.05, 4.69) is 23.9 Å². The molecule has 1 unspecified atom stereocenters. The number of benzene rings is 1. The third-order valence-electron chi connectivity index (χ3n) is 3.34. The Morgan fingerprint density at radius 3 is 3.06 bits per heavy atom. The normalized spacial score (nSPS) is 19.7. The predicted molar refractivity (Wildman–Crippen MR) is 71.6 cm³/mol. The summed E-state index contributed by atoms with van der Waals surface area (Å²) in [5.41, 5.74) is 5.12. The van der Waals surface area contributed by atoms with E-state index in [9.17, 15) is 0 Å². The maximum Gasteiger partial charge on any atom is 0.137 e. The van der Waals surface area contributed by atoms with Crippen LogP contribution in [-0.4, -0.2) is 25.9 Å². The van der Waals surface area contributed by atoms with Crippen molar-refractivity contribution in [1.29, 1.82) is 0 Å². The molecule has 0 radical (unpaired) electrons. The molecule has 1 aromatic carbocycles. The molecule has 0 aromatic heterocycles. The van der Waals surface area contributed by atoms with Crippen LogP contribution in [0.3, 0.4) is 0 Å². The first-order valence-corrected chi connectivity index (χ1v) is 7.01. The third-order valence-corrected chi connectivity index (χ3v) is 3.34. The van der Waals surface area contributed by atoms with E-state index in [1.807, 2.05) is 6.07 Å². The molecule has 0 spiro atoms. The van der Waals surface area contributed by atoms with Gasteiger partial charge in [0.1, 0.15) is 18.9 Å². The van der Waals surface area contributed by atoms with Crippen LogP contribution in [-0.2, 0) is 11.2 Å². The largest absolute Gasteiger partial charge is 0.488 e. The van der Waals surface area contributed by atoms with Gasteiger partial charge < -0.3 is 15.2 Å². The van der Waals surface area contributed by atoms with Gasteiger partial charge >= 0.3 is 0 Å². The lowest BCUT2D eigenvalue weighted by Gasteiger charge is -2.22. The van der Waals surface area contributed by atoms with Crippen LogP contribution in [0.25, 0.3) is 0 Å². The van der Waals surface area contributed by atoms with E-state index in [0.717, 1.165) is 31.7 Å². The van der Waals surface area contributed by atoms with E-state index < -0.39 is 0 Å². The molecule has 100 valence electrons. The molecule has 3 N–H and O–H groups in total. The van der Waals surface area contributed by atoms with Crippen molar-refractivity contribution < 1.29 is 15.2 Å². The molecule has 1 heterocycles. The minimum Gasteiger partial charge on any atom is -0.488 e. The van der Waals surface area contributed by atoms with Crippen molar-refractivity contribution in [3.63, 3.8) is 0 Å². The number of hydrogen-bond donors (Lipinski definition) is 1. The van der Waals surface area contributed by atoms with Gasteiger partial charge in [0.05, 0.1) is 6.10 Å². The number of rotatable bonds is 6. The molecule has 0 saturated carbocycles. The lowest BCUT2D eigenvalue weighted by atomic mass is 10.0. The van der Waals surface area contributed by atoms with Gasteiger partial charge in [0.2, 0.25) is 0 Å². The van der Waals surface area contributed by atoms with E-state index in [4.69, 9.17) is 9.47 Å². The fourth-order valence-electron chi connectivity index (χ4n) is 2.34. The molecule has 2 rings (SSSR count). The Balaban J connectivity index is 1.80. The first kappa shape index (κ1) is 13.4. The molecule has 0 amide bonds. The highest BCUT2D eigenvalue weighted by molar-refractivity contribution is 5.28. The first-order valence-electron chi connectivity index (χ1n) is 7.01. The minimum absolute atomic E-state index is 0.461. The second-order valence-electron chi connectivity index (χ2n) is 4.88. The summed E-state index contributed by atoms with van der Waals surface area (Å²) in [7, 11) is 0. The first-order chi connectivity index (χ1) is 8.88. The van der Waals surface area contributed by atoms with Crippen molar-refractivity contribution in [2.45, 2.75) is 38.2 Å². The van der Waals surface area contributed by atoms with Crippen LogP contribution >= 0.6 is 0 Å². The predicted octanol–water partition coefficient (Wildman–Crippen LogP) is 1.81. The average Bonchev–Trinajstić information content (AvgIpc) is 2.44. The lowest BCUT2D eigenvalue weighted by molar-refractivity contribution is -0.370. The lowest BCUT2D eigenvalue weighted by Crippen LogP contribution is -2.52. The van der Waals surface area contributed by atoms with Crippen molar-refractivity contribution in [3.8, 4) is 5.75 Å². The second kappa shape index (κ2) is 7.39. The average molecular weight is 250 g/mol. The molecule has 0 bridgehead atoms. The second-order valence-corrected chi connectivity index (χ2v) is 4.88. The van der Waals surface area contributed by atoms with Crippen molar-refractivity contribution in [3.05, 3.63) is 29.8 Å². The summed E-state index contributed by atoms with van der Waals surface area (Å²) in [4.78, 5) is 0. The Hall–Kier alpha value is -1.06. The van der Waals surface area contributed by atoms with Gasteiger partial charge in [-0.15, -0.1) is 0 Å².